The second-order valence-electron chi connectivity index (χ2n) is 4.84. The van der Waals surface area contributed by atoms with Crippen molar-refractivity contribution in [1.82, 2.24) is 9.97 Å². The highest BCUT2D eigenvalue weighted by Gasteiger charge is 2.12. The van der Waals surface area contributed by atoms with Crippen molar-refractivity contribution < 1.29 is 0 Å². The SMILES string of the molecule is CC(C)c1cc(N)nc(-c2csc3ccccc23)n1. The molecule has 3 rings (SSSR count). The number of nitrogen functional groups attached to an aromatic ring is 1. The van der Waals surface area contributed by atoms with E-state index in [1.165, 1.54) is 10.1 Å². The van der Waals surface area contributed by atoms with Crippen LogP contribution < -0.4 is 5.73 Å². The Hall–Kier alpha value is -1.94. The fourth-order valence-electron chi connectivity index (χ4n) is 2.05. The van der Waals surface area contributed by atoms with Gasteiger partial charge in [0.2, 0.25) is 0 Å². The van der Waals surface area contributed by atoms with Crippen molar-refractivity contribution in [2.24, 2.45) is 0 Å². The fraction of sp³-hybridized carbons (Fsp3) is 0.200. The third-order valence-corrected chi connectivity index (χ3v) is 4.04. The van der Waals surface area contributed by atoms with Crippen LogP contribution in [0.25, 0.3) is 21.5 Å². The van der Waals surface area contributed by atoms with Crippen LogP contribution in [0.5, 0.6) is 0 Å². The maximum atomic E-state index is 5.90. The maximum Gasteiger partial charge on any atom is 0.163 e. The summed E-state index contributed by atoms with van der Waals surface area (Å²) in [4.78, 5) is 9.02. The van der Waals surface area contributed by atoms with Crippen LogP contribution in [0.4, 0.5) is 5.82 Å². The highest BCUT2D eigenvalue weighted by Crippen LogP contribution is 2.32. The smallest absolute Gasteiger partial charge is 0.163 e. The van der Waals surface area contributed by atoms with E-state index < -0.39 is 0 Å². The van der Waals surface area contributed by atoms with Crippen molar-refractivity contribution in [3.05, 3.63) is 41.4 Å². The highest BCUT2D eigenvalue weighted by molar-refractivity contribution is 7.17. The first-order valence-electron chi connectivity index (χ1n) is 6.26. The Kier molecular flexibility index (Phi) is 2.95. The van der Waals surface area contributed by atoms with Gasteiger partial charge in [0.15, 0.2) is 5.82 Å². The van der Waals surface area contributed by atoms with Crippen molar-refractivity contribution in [3.8, 4) is 11.4 Å². The summed E-state index contributed by atoms with van der Waals surface area (Å²) in [5, 5.41) is 3.29. The topological polar surface area (TPSA) is 51.8 Å². The van der Waals surface area contributed by atoms with Crippen LogP contribution in [-0.4, -0.2) is 9.97 Å². The Labute approximate surface area is 116 Å². The van der Waals surface area contributed by atoms with Crippen molar-refractivity contribution in [1.29, 1.82) is 0 Å². The predicted octanol–water partition coefficient (Wildman–Crippen LogP) is 4.06. The van der Waals surface area contributed by atoms with Gasteiger partial charge in [-0.1, -0.05) is 32.0 Å². The van der Waals surface area contributed by atoms with Crippen molar-refractivity contribution in [2.75, 3.05) is 5.73 Å². The van der Waals surface area contributed by atoms with Gasteiger partial charge < -0.3 is 5.73 Å². The molecule has 3 aromatic rings. The van der Waals surface area contributed by atoms with Crippen LogP contribution in [0.15, 0.2) is 35.7 Å². The summed E-state index contributed by atoms with van der Waals surface area (Å²) in [5.41, 5.74) is 7.95. The van der Waals surface area contributed by atoms with Crippen molar-refractivity contribution >= 4 is 27.2 Å². The number of benzene rings is 1. The molecule has 96 valence electrons. The Morgan fingerprint density at radius 1 is 1.16 bits per heavy atom. The van der Waals surface area contributed by atoms with Gasteiger partial charge in [0.25, 0.3) is 0 Å². The summed E-state index contributed by atoms with van der Waals surface area (Å²) in [7, 11) is 0. The Morgan fingerprint density at radius 2 is 1.95 bits per heavy atom. The molecule has 0 amide bonds. The molecule has 0 bridgehead atoms. The van der Waals surface area contributed by atoms with Crippen LogP contribution in [0.3, 0.4) is 0 Å². The predicted molar refractivity (Wildman–Crippen MR) is 81.4 cm³/mol. The van der Waals surface area contributed by atoms with Crippen molar-refractivity contribution in [2.45, 2.75) is 19.8 Å². The van der Waals surface area contributed by atoms with E-state index in [2.05, 4.69) is 41.3 Å². The van der Waals surface area contributed by atoms with Gasteiger partial charge in [-0.05, 0) is 12.0 Å². The summed E-state index contributed by atoms with van der Waals surface area (Å²) >= 11 is 1.71. The molecule has 0 radical (unpaired) electrons. The van der Waals surface area contributed by atoms with Gasteiger partial charge in [-0.15, -0.1) is 11.3 Å². The summed E-state index contributed by atoms with van der Waals surface area (Å²) in [6.07, 6.45) is 0. The van der Waals surface area contributed by atoms with Crippen LogP contribution in [0.1, 0.15) is 25.5 Å². The fourth-order valence-corrected chi connectivity index (χ4v) is 2.99. The van der Waals surface area contributed by atoms with Crippen LogP contribution >= 0.6 is 11.3 Å². The molecule has 19 heavy (non-hydrogen) atoms. The van der Waals surface area contributed by atoms with E-state index in [-0.39, 0.29) is 0 Å². The van der Waals surface area contributed by atoms with Gasteiger partial charge in [-0.25, -0.2) is 9.97 Å². The lowest BCUT2D eigenvalue weighted by molar-refractivity contribution is 0.818. The molecular formula is C15H15N3S. The average molecular weight is 269 g/mol. The normalized spacial score (nSPS) is 11.3. The molecule has 2 N–H and O–H groups in total. The lowest BCUT2D eigenvalue weighted by Crippen LogP contribution is -2.01. The largest absolute Gasteiger partial charge is 0.384 e. The molecule has 0 spiro atoms. The van der Waals surface area contributed by atoms with Crippen LogP contribution in [-0.2, 0) is 0 Å². The van der Waals surface area contributed by atoms with Gasteiger partial charge in [-0.2, -0.15) is 0 Å². The molecule has 0 aliphatic carbocycles. The lowest BCUT2D eigenvalue weighted by atomic mass is 10.1. The molecule has 0 aliphatic heterocycles. The summed E-state index contributed by atoms with van der Waals surface area (Å²) in [6, 6.07) is 10.1. The van der Waals surface area contributed by atoms with E-state index in [4.69, 9.17) is 5.73 Å². The minimum Gasteiger partial charge on any atom is -0.384 e. The number of aromatic nitrogens is 2. The zero-order valence-corrected chi connectivity index (χ0v) is 11.7. The van der Waals surface area contributed by atoms with Crippen molar-refractivity contribution in [3.63, 3.8) is 0 Å². The minimum absolute atomic E-state index is 0.342. The van der Waals surface area contributed by atoms with E-state index in [1.807, 2.05) is 18.2 Å². The second-order valence-corrected chi connectivity index (χ2v) is 5.75. The first-order valence-corrected chi connectivity index (χ1v) is 7.14. The molecule has 2 heterocycles. The number of thiophene rings is 1. The van der Waals surface area contributed by atoms with Gasteiger partial charge in [-0.3, -0.25) is 0 Å². The molecule has 0 saturated heterocycles. The monoisotopic (exact) mass is 269 g/mol. The zero-order chi connectivity index (χ0) is 13.4. The van der Waals surface area contributed by atoms with Crippen LogP contribution in [0.2, 0.25) is 0 Å². The number of fused-ring (bicyclic) bond motifs is 1. The summed E-state index contributed by atoms with van der Waals surface area (Å²) in [5.74, 6) is 1.60. The van der Waals surface area contributed by atoms with E-state index >= 15 is 0 Å². The molecule has 0 unspecified atom stereocenters. The first kappa shape index (κ1) is 12.1. The molecule has 3 nitrogen and oxygen atoms in total. The number of nitrogens with zero attached hydrogens (tertiary/aromatic N) is 2. The third kappa shape index (κ3) is 2.19. The molecule has 0 saturated carbocycles. The van der Waals surface area contributed by atoms with E-state index in [0.29, 0.717) is 11.7 Å². The molecule has 1 aromatic carbocycles. The number of rotatable bonds is 2. The van der Waals surface area contributed by atoms with E-state index in [0.717, 1.165) is 17.1 Å². The quantitative estimate of drug-likeness (QED) is 0.763. The first-order chi connectivity index (χ1) is 9.15. The van der Waals surface area contributed by atoms with E-state index in [1.54, 1.807) is 11.3 Å². The Bertz CT molecular complexity index is 731. The molecule has 2 aromatic heterocycles. The molecule has 0 aliphatic rings. The summed E-state index contributed by atoms with van der Waals surface area (Å²) < 4.78 is 1.25. The zero-order valence-electron chi connectivity index (χ0n) is 10.9. The van der Waals surface area contributed by atoms with Gasteiger partial charge in [0, 0.05) is 32.8 Å². The standard InChI is InChI=1S/C15H15N3S/c1-9(2)12-7-14(16)18-15(17-12)11-8-19-13-6-4-3-5-10(11)13/h3-9H,1-2H3,(H2,16,17,18). The van der Waals surface area contributed by atoms with E-state index in [9.17, 15) is 0 Å². The molecular weight excluding hydrogens is 254 g/mol. The third-order valence-electron chi connectivity index (χ3n) is 3.08. The second kappa shape index (κ2) is 4.63. The van der Waals surface area contributed by atoms with Gasteiger partial charge >= 0.3 is 0 Å². The number of anilines is 1. The van der Waals surface area contributed by atoms with Crippen LogP contribution in [0, 0.1) is 0 Å². The maximum absolute atomic E-state index is 5.90. The molecule has 0 atom stereocenters. The molecule has 0 fully saturated rings. The minimum atomic E-state index is 0.342. The van der Waals surface area contributed by atoms with Gasteiger partial charge in [0.05, 0.1) is 0 Å². The highest BCUT2D eigenvalue weighted by atomic mass is 32.1. The lowest BCUT2D eigenvalue weighted by Gasteiger charge is -2.07. The Morgan fingerprint density at radius 3 is 2.74 bits per heavy atom. The number of hydrogen-bond donors (Lipinski definition) is 1. The van der Waals surface area contributed by atoms with Gasteiger partial charge in [0.1, 0.15) is 5.82 Å². The summed E-state index contributed by atoms with van der Waals surface area (Å²) in [6.45, 7) is 4.22. The average Bonchev–Trinajstić information content (AvgIpc) is 2.81. The number of hydrogen-bond acceptors (Lipinski definition) is 4. The molecule has 4 heteroatoms. The Balaban J connectivity index is 2.21. The number of nitrogens with two attached hydrogens (primary N) is 1.